The number of esters is 1. The summed E-state index contributed by atoms with van der Waals surface area (Å²) in [6, 6.07) is 3.97. The maximum Gasteiger partial charge on any atom is 0.333 e. The Bertz CT molecular complexity index is 870. The predicted molar refractivity (Wildman–Crippen MR) is 98.6 cm³/mol. The Morgan fingerprint density at radius 2 is 1.89 bits per heavy atom. The molecule has 6 nitrogen and oxygen atoms in total. The summed E-state index contributed by atoms with van der Waals surface area (Å²) < 4.78 is 15.7. The maximum absolute atomic E-state index is 13.1. The van der Waals surface area contributed by atoms with E-state index in [4.69, 9.17) is 14.2 Å². The van der Waals surface area contributed by atoms with Crippen LogP contribution in [0.3, 0.4) is 0 Å². The third-order valence-electron chi connectivity index (χ3n) is 5.78. The van der Waals surface area contributed by atoms with Crippen LogP contribution in [0.2, 0.25) is 0 Å². The van der Waals surface area contributed by atoms with E-state index in [-0.39, 0.29) is 23.8 Å². The minimum Gasteiger partial charge on any atom is -0.493 e. The first-order valence-electron chi connectivity index (χ1n) is 9.12. The van der Waals surface area contributed by atoms with Crippen LogP contribution in [0, 0.1) is 5.92 Å². The van der Waals surface area contributed by atoms with Crippen LogP contribution in [0.5, 0.6) is 11.5 Å². The normalized spacial score (nSPS) is 23.4. The number of hydrogen-bond acceptors (Lipinski definition) is 5. The van der Waals surface area contributed by atoms with Gasteiger partial charge in [0.2, 0.25) is 0 Å². The molecule has 0 spiro atoms. The number of piperidine rings is 1. The minimum absolute atomic E-state index is 0.0311. The number of allylic oxidation sites excluding steroid dienone is 2. The number of hydrogen-bond donors (Lipinski definition) is 0. The molecule has 0 N–H and O–H groups in total. The van der Waals surface area contributed by atoms with E-state index in [2.05, 4.69) is 0 Å². The van der Waals surface area contributed by atoms with Gasteiger partial charge in [0.1, 0.15) is 0 Å². The molecular weight excluding hydrogens is 346 g/mol. The Hall–Kier alpha value is -2.76. The van der Waals surface area contributed by atoms with E-state index in [1.54, 1.807) is 14.2 Å². The molecule has 6 heteroatoms. The Morgan fingerprint density at radius 3 is 2.59 bits per heavy atom. The lowest BCUT2D eigenvalue weighted by Gasteiger charge is -2.44. The van der Waals surface area contributed by atoms with Gasteiger partial charge in [0.25, 0.3) is 5.91 Å². The van der Waals surface area contributed by atoms with Gasteiger partial charge < -0.3 is 19.1 Å². The van der Waals surface area contributed by atoms with Crippen molar-refractivity contribution in [3.05, 3.63) is 46.6 Å². The lowest BCUT2D eigenvalue weighted by Crippen LogP contribution is -2.46. The molecule has 1 fully saturated rings. The fraction of sp³-hybridized carbons (Fsp3) is 0.429. The molecule has 1 aromatic rings. The van der Waals surface area contributed by atoms with Crippen molar-refractivity contribution in [2.24, 2.45) is 5.92 Å². The van der Waals surface area contributed by atoms with Crippen molar-refractivity contribution < 1.29 is 23.8 Å². The smallest absolute Gasteiger partial charge is 0.333 e. The molecule has 2 atom stereocenters. The standard InChI is InChI=1S/C21H23NO5/c1-25-18-10-12-6-7-22-17(16(12)11-19(18)26-2)9-14-8-13(21(24)27-3)4-5-15(14)20(22)23/h5,8,10-11,14,17H,4,6-7,9H2,1-3H3/t14-,17-/m1/s1. The van der Waals surface area contributed by atoms with Gasteiger partial charge in [-0.1, -0.05) is 12.2 Å². The first kappa shape index (κ1) is 17.6. The second-order valence-electron chi connectivity index (χ2n) is 7.06. The van der Waals surface area contributed by atoms with Crippen molar-refractivity contribution in [2.45, 2.75) is 25.3 Å². The molecule has 0 bridgehead atoms. The Labute approximate surface area is 158 Å². The van der Waals surface area contributed by atoms with Gasteiger partial charge in [-0.25, -0.2) is 4.79 Å². The van der Waals surface area contributed by atoms with E-state index in [0.717, 1.165) is 24.0 Å². The summed E-state index contributed by atoms with van der Waals surface area (Å²) >= 11 is 0. The number of rotatable bonds is 3. The first-order valence-corrected chi connectivity index (χ1v) is 9.12. The van der Waals surface area contributed by atoms with Gasteiger partial charge in [0.05, 0.1) is 27.4 Å². The largest absolute Gasteiger partial charge is 0.493 e. The molecule has 142 valence electrons. The highest BCUT2D eigenvalue weighted by atomic mass is 16.5. The van der Waals surface area contributed by atoms with E-state index >= 15 is 0 Å². The molecule has 27 heavy (non-hydrogen) atoms. The van der Waals surface area contributed by atoms with Gasteiger partial charge in [0, 0.05) is 23.6 Å². The van der Waals surface area contributed by atoms with E-state index in [1.807, 2.05) is 29.2 Å². The predicted octanol–water partition coefficient (Wildman–Crippen LogP) is 2.58. The fourth-order valence-electron chi connectivity index (χ4n) is 4.43. The third kappa shape index (κ3) is 2.80. The number of ether oxygens (including phenoxy) is 3. The van der Waals surface area contributed by atoms with Crippen molar-refractivity contribution in [1.29, 1.82) is 0 Å². The molecule has 4 rings (SSSR count). The van der Waals surface area contributed by atoms with Gasteiger partial charge in [-0.05, 0) is 42.5 Å². The zero-order valence-corrected chi connectivity index (χ0v) is 15.8. The average molecular weight is 369 g/mol. The zero-order valence-electron chi connectivity index (χ0n) is 15.8. The zero-order chi connectivity index (χ0) is 19.1. The summed E-state index contributed by atoms with van der Waals surface area (Å²) in [4.78, 5) is 26.9. The summed E-state index contributed by atoms with van der Waals surface area (Å²) in [5.41, 5.74) is 3.70. The maximum atomic E-state index is 13.1. The van der Waals surface area contributed by atoms with Crippen LogP contribution in [0.1, 0.15) is 30.0 Å². The Morgan fingerprint density at radius 1 is 1.15 bits per heavy atom. The number of fused-ring (bicyclic) bond motifs is 4. The SMILES string of the molecule is COC(=O)C1=C[C@@H]2C[C@@H]3c4cc(OC)c(OC)cc4CCN3C(=O)C2=CC1. The van der Waals surface area contributed by atoms with Crippen LogP contribution < -0.4 is 9.47 Å². The molecule has 0 radical (unpaired) electrons. The van der Waals surface area contributed by atoms with E-state index < -0.39 is 0 Å². The summed E-state index contributed by atoms with van der Waals surface area (Å²) in [6.45, 7) is 0.684. The van der Waals surface area contributed by atoms with Gasteiger partial charge in [-0.3, -0.25) is 4.79 Å². The summed E-state index contributed by atoms with van der Waals surface area (Å²) in [6.07, 6.45) is 5.79. The highest BCUT2D eigenvalue weighted by molar-refractivity contribution is 5.98. The minimum atomic E-state index is -0.323. The Balaban J connectivity index is 1.72. The van der Waals surface area contributed by atoms with Crippen molar-refractivity contribution in [1.82, 2.24) is 4.90 Å². The topological polar surface area (TPSA) is 65.1 Å². The molecule has 0 aromatic heterocycles. The van der Waals surface area contributed by atoms with Crippen molar-refractivity contribution in [2.75, 3.05) is 27.9 Å². The molecular formula is C21H23NO5. The highest BCUT2D eigenvalue weighted by Gasteiger charge is 2.42. The van der Waals surface area contributed by atoms with E-state index in [0.29, 0.717) is 30.0 Å². The van der Waals surface area contributed by atoms with Gasteiger partial charge in [0.15, 0.2) is 11.5 Å². The molecule has 2 aliphatic heterocycles. The monoisotopic (exact) mass is 369 g/mol. The van der Waals surface area contributed by atoms with Crippen LogP contribution >= 0.6 is 0 Å². The van der Waals surface area contributed by atoms with Crippen LogP contribution in [-0.4, -0.2) is 44.7 Å². The third-order valence-corrected chi connectivity index (χ3v) is 5.78. The van der Waals surface area contributed by atoms with Crippen molar-refractivity contribution >= 4 is 11.9 Å². The Kier molecular flexibility index (Phi) is 4.42. The number of nitrogens with zero attached hydrogens (tertiary/aromatic N) is 1. The summed E-state index contributed by atoms with van der Waals surface area (Å²) in [7, 11) is 4.62. The molecule has 0 unspecified atom stereocenters. The summed E-state index contributed by atoms with van der Waals surface area (Å²) in [5.74, 6) is 1.05. The van der Waals surface area contributed by atoms with E-state index in [9.17, 15) is 9.59 Å². The molecule has 1 saturated heterocycles. The van der Waals surface area contributed by atoms with Gasteiger partial charge >= 0.3 is 5.97 Å². The van der Waals surface area contributed by atoms with Gasteiger partial charge in [-0.2, -0.15) is 0 Å². The second kappa shape index (κ2) is 6.76. The summed E-state index contributed by atoms with van der Waals surface area (Å²) in [5, 5.41) is 0. The molecule has 0 saturated carbocycles. The van der Waals surface area contributed by atoms with Crippen molar-refractivity contribution in [3.63, 3.8) is 0 Å². The molecule has 1 aromatic carbocycles. The van der Waals surface area contributed by atoms with Gasteiger partial charge in [-0.15, -0.1) is 0 Å². The molecule has 1 amide bonds. The van der Waals surface area contributed by atoms with Crippen molar-refractivity contribution in [3.8, 4) is 11.5 Å². The highest BCUT2D eigenvalue weighted by Crippen LogP contribution is 2.46. The lowest BCUT2D eigenvalue weighted by atomic mass is 9.76. The number of amides is 1. The number of benzene rings is 1. The van der Waals surface area contributed by atoms with Crippen LogP contribution in [-0.2, 0) is 20.7 Å². The van der Waals surface area contributed by atoms with Crippen LogP contribution in [0.25, 0.3) is 0 Å². The number of methoxy groups -OCH3 is 3. The second-order valence-corrected chi connectivity index (χ2v) is 7.06. The average Bonchev–Trinajstić information content (AvgIpc) is 2.71. The van der Waals surface area contributed by atoms with Crippen LogP contribution in [0.15, 0.2) is 35.4 Å². The quantitative estimate of drug-likeness (QED) is 0.766. The van der Waals surface area contributed by atoms with E-state index in [1.165, 1.54) is 12.7 Å². The number of carbonyl (C=O) groups is 2. The molecule has 3 aliphatic rings. The fourth-order valence-corrected chi connectivity index (χ4v) is 4.43. The van der Waals surface area contributed by atoms with Crippen LogP contribution in [0.4, 0.5) is 0 Å². The molecule has 2 heterocycles. The lowest BCUT2D eigenvalue weighted by molar-refractivity contribution is -0.137. The number of carbonyl (C=O) groups excluding carboxylic acids is 2. The molecule has 1 aliphatic carbocycles. The first-order chi connectivity index (χ1) is 13.1.